The van der Waals surface area contributed by atoms with Crippen LogP contribution in [0.3, 0.4) is 0 Å². The molecule has 22 heavy (non-hydrogen) atoms. The van der Waals surface area contributed by atoms with Gasteiger partial charge in [-0.3, -0.25) is 0 Å². The molecule has 1 aliphatic rings. The lowest BCUT2D eigenvalue weighted by Gasteiger charge is -2.33. The lowest BCUT2D eigenvalue weighted by atomic mass is 9.90. The molecular formula is C20H25NO. The molecule has 1 saturated heterocycles. The number of benzene rings is 2. The van der Waals surface area contributed by atoms with Gasteiger partial charge in [-0.1, -0.05) is 48.5 Å². The molecule has 2 nitrogen and oxygen atoms in total. The Bertz CT molecular complexity index is 540. The Morgan fingerprint density at radius 1 is 0.955 bits per heavy atom. The van der Waals surface area contributed by atoms with E-state index in [2.05, 4.69) is 35.2 Å². The average Bonchev–Trinajstić information content (AvgIpc) is 2.61. The molecule has 1 fully saturated rings. The first-order valence-electron chi connectivity index (χ1n) is 8.37. The maximum absolute atomic E-state index is 5.78. The second-order valence-electron chi connectivity index (χ2n) is 6.07. The summed E-state index contributed by atoms with van der Waals surface area (Å²) in [7, 11) is 0. The van der Waals surface area contributed by atoms with Crippen LogP contribution >= 0.6 is 0 Å². The average molecular weight is 295 g/mol. The number of para-hydroxylation sites is 1. The second kappa shape index (κ2) is 8.00. The quantitative estimate of drug-likeness (QED) is 0.735. The largest absolute Gasteiger partial charge is 0.494 e. The number of piperidine rings is 1. The molecule has 0 radical (unpaired) electrons. The Morgan fingerprint density at radius 2 is 1.68 bits per heavy atom. The predicted molar refractivity (Wildman–Crippen MR) is 91.4 cm³/mol. The van der Waals surface area contributed by atoms with E-state index in [1.165, 1.54) is 31.5 Å². The molecule has 0 aliphatic carbocycles. The van der Waals surface area contributed by atoms with Crippen LogP contribution in [0.15, 0.2) is 60.7 Å². The van der Waals surface area contributed by atoms with Crippen molar-refractivity contribution in [3.63, 3.8) is 0 Å². The third-order valence-corrected chi connectivity index (χ3v) is 4.41. The highest BCUT2D eigenvalue weighted by atomic mass is 16.5. The normalized spacial score (nSPS) is 19.0. The smallest absolute Gasteiger partial charge is 0.119 e. The summed E-state index contributed by atoms with van der Waals surface area (Å²) in [5.74, 6) is 1.67. The zero-order chi connectivity index (χ0) is 15.0. The van der Waals surface area contributed by atoms with Crippen LogP contribution in [0, 0.1) is 0 Å². The van der Waals surface area contributed by atoms with E-state index in [1.807, 2.05) is 30.3 Å². The lowest BCUT2D eigenvalue weighted by Crippen LogP contribution is -2.35. The Morgan fingerprint density at radius 3 is 2.45 bits per heavy atom. The van der Waals surface area contributed by atoms with Crippen molar-refractivity contribution < 1.29 is 4.74 Å². The third-order valence-electron chi connectivity index (χ3n) is 4.41. The summed E-state index contributed by atoms with van der Waals surface area (Å²) in [5, 5.41) is 0. The number of rotatable bonds is 6. The van der Waals surface area contributed by atoms with Crippen LogP contribution in [0.5, 0.6) is 5.75 Å². The number of nitrogens with zero attached hydrogens (tertiary/aromatic N) is 1. The monoisotopic (exact) mass is 295 g/mol. The maximum atomic E-state index is 5.78. The fourth-order valence-corrected chi connectivity index (χ4v) is 3.25. The summed E-state index contributed by atoms with van der Waals surface area (Å²) < 4.78 is 5.78. The van der Waals surface area contributed by atoms with Crippen LogP contribution in [0.4, 0.5) is 0 Å². The van der Waals surface area contributed by atoms with E-state index in [0.29, 0.717) is 5.92 Å². The lowest BCUT2D eigenvalue weighted by molar-refractivity contribution is 0.189. The van der Waals surface area contributed by atoms with Crippen LogP contribution in [0.2, 0.25) is 0 Å². The molecule has 1 heterocycles. The first-order valence-corrected chi connectivity index (χ1v) is 8.37. The summed E-state index contributed by atoms with van der Waals surface area (Å²) in [6, 6.07) is 21.0. The molecule has 0 spiro atoms. The first-order chi connectivity index (χ1) is 10.9. The van der Waals surface area contributed by atoms with Gasteiger partial charge in [-0.05, 0) is 49.4 Å². The minimum Gasteiger partial charge on any atom is -0.494 e. The summed E-state index contributed by atoms with van der Waals surface area (Å²) in [6.45, 7) is 4.36. The minimum absolute atomic E-state index is 0.699. The van der Waals surface area contributed by atoms with Gasteiger partial charge in [0.2, 0.25) is 0 Å². The highest BCUT2D eigenvalue weighted by Gasteiger charge is 2.20. The fraction of sp³-hybridized carbons (Fsp3) is 0.400. The molecule has 0 aromatic heterocycles. The molecule has 0 N–H and O–H groups in total. The van der Waals surface area contributed by atoms with Gasteiger partial charge >= 0.3 is 0 Å². The standard InChI is InChI=1S/C20H25NO/c1-3-9-18(10-4-1)19-11-7-14-21(17-19)15-8-16-22-20-12-5-2-6-13-20/h1-6,9-10,12-13,19H,7-8,11,14-17H2/t19-/m1/s1. The van der Waals surface area contributed by atoms with Crippen molar-refractivity contribution in [1.82, 2.24) is 4.90 Å². The number of hydrogen-bond donors (Lipinski definition) is 0. The zero-order valence-electron chi connectivity index (χ0n) is 13.2. The molecule has 2 heteroatoms. The summed E-state index contributed by atoms with van der Waals surface area (Å²) in [5.41, 5.74) is 1.49. The molecule has 3 rings (SSSR count). The molecule has 0 bridgehead atoms. The van der Waals surface area contributed by atoms with Crippen LogP contribution in [-0.4, -0.2) is 31.1 Å². The SMILES string of the molecule is c1ccc(OCCCN2CCC[C@@H](c3ccccc3)C2)cc1. The number of ether oxygens (including phenoxy) is 1. The fourth-order valence-electron chi connectivity index (χ4n) is 3.25. The summed E-state index contributed by atoms with van der Waals surface area (Å²) >= 11 is 0. The van der Waals surface area contributed by atoms with Gasteiger partial charge in [-0.25, -0.2) is 0 Å². The van der Waals surface area contributed by atoms with Crippen molar-refractivity contribution in [1.29, 1.82) is 0 Å². The van der Waals surface area contributed by atoms with Crippen molar-refractivity contribution >= 4 is 0 Å². The van der Waals surface area contributed by atoms with E-state index in [4.69, 9.17) is 4.74 Å². The molecule has 1 aliphatic heterocycles. The van der Waals surface area contributed by atoms with Gasteiger partial charge in [0.1, 0.15) is 5.75 Å². The molecule has 2 aromatic rings. The van der Waals surface area contributed by atoms with E-state index in [9.17, 15) is 0 Å². The predicted octanol–water partition coefficient (Wildman–Crippen LogP) is 4.34. The van der Waals surface area contributed by atoms with Gasteiger partial charge in [0.05, 0.1) is 6.61 Å². The topological polar surface area (TPSA) is 12.5 Å². The second-order valence-corrected chi connectivity index (χ2v) is 6.07. The first kappa shape index (κ1) is 15.1. The summed E-state index contributed by atoms with van der Waals surface area (Å²) in [4.78, 5) is 2.59. The van der Waals surface area contributed by atoms with Crippen molar-refractivity contribution in [2.24, 2.45) is 0 Å². The van der Waals surface area contributed by atoms with E-state index >= 15 is 0 Å². The highest BCUT2D eigenvalue weighted by Crippen LogP contribution is 2.26. The Labute approximate surface area is 133 Å². The van der Waals surface area contributed by atoms with Crippen molar-refractivity contribution in [2.75, 3.05) is 26.2 Å². The molecule has 116 valence electrons. The Kier molecular flexibility index (Phi) is 5.49. The Balaban J connectivity index is 1.41. The van der Waals surface area contributed by atoms with E-state index in [-0.39, 0.29) is 0 Å². The maximum Gasteiger partial charge on any atom is 0.119 e. The molecule has 1 atom stereocenters. The third kappa shape index (κ3) is 4.35. The molecular weight excluding hydrogens is 270 g/mol. The molecule has 0 saturated carbocycles. The number of likely N-dealkylation sites (tertiary alicyclic amines) is 1. The number of hydrogen-bond acceptors (Lipinski definition) is 2. The molecule has 0 amide bonds. The van der Waals surface area contributed by atoms with Gasteiger partial charge in [0.25, 0.3) is 0 Å². The van der Waals surface area contributed by atoms with Crippen LogP contribution < -0.4 is 4.74 Å². The molecule has 0 unspecified atom stereocenters. The van der Waals surface area contributed by atoms with Crippen molar-refractivity contribution in [2.45, 2.75) is 25.2 Å². The van der Waals surface area contributed by atoms with E-state index in [0.717, 1.165) is 25.3 Å². The molecule has 2 aromatic carbocycles. The van der Waals surface area contributed by atoms with Crippen molar-refractivity contribution in [3.8, 4) is 5.75 Å². The van der Waals surface area contributed by atoms with Gasteiger partial charge in [-0.15, -0.1) is 0 Å². The van der Waals surface area contributed by atoms with E-state index < -0.39 is 0 Å². The zero-order valence-corrected chi connectivity index (χ0v) is 13.2. The Hall–Kier alpha value is -1.80. The van der Waals surface area contributed by atoms with E-state index in [1.54, 1.807) is 0 Å². The van der Waals surface area contributed by atoms with Gasteiger partial charge < -0.3 is 9.64 Å². The van der Waals surface area contributed by atoms with Crippen LogP contribution in [-0.2, 0) is 0 Å². The van der Waals surface area contributed by atoms with Crippen LogP contribution in [0.1, 0.15) is 30.7 Å². The highest BCUT2D eigenvalue weighted by molar-refractivity contribution is 5.21. The van der Waals surface area contributed by atoms with Crippen LogP contribution in [0.25, 0.3) is 0 Å². The van der Waals surface area contributed by atoms with Crippen molar-refractivity contribution in [3.05, 3.63) is 66.2 Å². The van der Waals surface area contributed by atoms with Gasteiger partial charge in [0.15, 0.2) is 0 Å². The van der Waals surface area contributed by atoms with Gasteiger partial charge in [0, 0.05) is 13.1 Å². The summed E-state index contributed by atoms with van der Waals surface area (Å²) in [6.07, 6.45) is 3.72. The minimum atomic E-state index is 0.699. The van der Waals surface area contributed by atoms with Gasteiger partial charge in [-0.2, -0.15) is 0 Å².